The summed E-state index contributed by atoms with van der Waals surface area (Å²) in [5.74, 6) is 0. The van der Waals surface area contributed by atoms with Crippen LogP contribution in [0.2, 0.25) is 0 Å². The van der Waals surface area contributed by atoms with Crippen molar-refractivity contribution in [3.63, 3.8) is 0 Å². The highest BCUT2D eigenvalue weighted by atomic mass is 15.0. The second-order valence-electron chi connectivity index (χ2n) is 2.49. The molecule has 0 bridgehead atoms. The Balaban J connectivity index is 2.48. The fourth-order valence-electron chi connectivity index (χ4n) is 1.12. The molecule has 0 spiro atoms. The van der Waals surface area contributed by atoms with E-state index in [1.165, 1.54) is 0 Å². The fraction of sp³-hybridized carbons (Fsp3) is 0. The van der Waals surface area contributed by atoms with E-state index in [2.05, 4.69) is 16.7 Å². The molecule has 1 aromatic rings. The Kier molecular flexibility index (Phi) is 1.45. The number of nitrogens with zero attached hydrogens (tertiary/aromatic N) is 1. The summed E-state index contributed by atoms with van der Waals surface area (Å²) in [5.41, 5.74) is 2.60. The first-order valence-electron chi connectivity index (χ1n) is 3.62. The Hall–Kier alpha value is -1.95. The number of hydrogen-bond acceptors (Lipinski definition) is 3. The summed E-state index contributed by atoms with van der Waals surface area (Å²) < 4.78 is 0. The largest absolute Gasteiger partial charge is 0.359 e. The molecule has 58 valence electrons. The Morgan fingerprint density at radius 1 is 1.08 bits per heavy atom. The van der Waals surface area contributed by atoms with Crippen molar-refractivity contribution in [3.05, 3.63) is 36.2 Å². The summed E-state index contributed by atoms with van der Waals surface area (Å²) in [6.07, 6.45) is 3.61. The first-order valence-corrected chi connectivity index (χ1v) is 3.62. The molecule has 0 amide bonds. The molecular weight excluding hydrogens is 150 g/mol. The lowest BCUT2D eigenvalue weighted by atomic mass is 10.2. The van der Waals surface area contributed by atoms with Crippen LogP contribution in [0.3, 0.4) is 0 Å². The van der Waals surface area contributed by atoms with Crippen molar-refractivity contribution in [2.75, 3.05) is 10.6 Å². The smallest absolute Gasteiger partial charge is 0.0992 e. The maximum absolute atomic E-state index is 8.62. The molecule has 0 aliphatic carbocycles. The second kappa shape index (κ2) is 2.59. The average Bonchev–Trinajstić information content (AvgIpc) is 2.17. The van der Waals surface area contributed by atoms with Crippen LogP contribution in [0.1, 0.15) is 5.56 Å². The SMILES string of the molecule is N#Cc1ccc2c(c1)NC=CN2. The van der Waals surface area contributed by atoms with Gasteiger partial charge in [0.15, 0.2) is 0 Å². The van der Waals surface area contributed by atoms with Crippen LogP contribution in [0.15, 0.2) is 30.6 Å². The standard InChI is InChI=1S/C9H7N3/c10-6-7-1-2-8-9(5-7)12-4-3-11-8/h1-5,11-12H. The van der Waals surface area contributed by atoms with Crippen LogP contribution in [0.25, 0.3) is 0 Å². The number of hydrogen-bond donors (Lipinski definition) is 2. The van der Waals surface area contributed by atoms with E-state index in [0.717, 1.165) is 11.4 Å². The number of benzene rings is 1. The van der Waals surface area contributed by atoms with Gasteiger partial charge in [-0.2, -0.15) is 5.26 Å². The van der Waals surface area contributed by atoms with Crippen molar-refractivity contribution in [3.8, 4) is 6.07 Å². The molecule has 0 radical (unpaired) electrons. The van der Waals surface area contributed by atoms with E-state index in [1.54, 1.807) is 12.3 Å². The predicted molar refractivity (Wildman–Crippen MR) is 47.5 cm³/mol. The van der Waals surface area contributed by atoms with Gasteiger partial charge < -0.3 is 10.6 Å². The average molecular weight is 157 g/mol. The van der Waals surface area contributed by atoms with E-state index in [0.29, 0.717) is 5.56 Å². The van der Waals surface area contributed by atoms with Gasteiger partial charge in [0.05, 0.1) is 23.0 Å². The zero-order chi connectivity index (χ0) is 8.39. The predicted octanol–water partition coefficient (Wildman–Crippen LogP) is 1.87. The van der Waals surface area contributed by atoms with Crippen LogP contribution in [-0.2, 0) is 0 Å². The van der Waals surface area contributed by atoms with Crippen LogP contribution >= 0.6 is 0 Å². The summed E-state index contributed by atoms with van der Waals surface area (Å²) in [6, 6.07) is 7.56. The van der Waals surface area contributed by atoms with Gasteiger partial charge in [0.2, 0.25) is 0 Å². The number of nitriles is 1. The number of fused-ring (bicyclic) bond motifs is 1. The topological polar surface area (TPSA) is 47.9 Å². The second-order valence-corrected chi connectivity index (χ2v) is 2.49. The quantitative estimate of drug-likeness (QED) is 0.604. The minimum atomic E-state index is 0.665. The van der Waals surface area contributed by atoms with Gasteiger partial charge in [0.1, 0.15) is 0 Å². The summed E-state index contributed by atoms with van der Waals surface area (Å²) in [6.45, 7) is 0. The maximum Gasteiger partial charge on any atom is 0.0992 e. The molecule has 0 aromatic heterocycles. The van der Waals surface area contributed by atoms with Crippen LogP contribution in [0, 0.1) is 11.3 Å². The van der Waals surface area contributed by atoms with Gasteiger partial charge >= 0.3 is 0 Å². The fourth-order valence-corrected chi connectivity index (χ4v) is 1.12. The molecule has 1 heterocycles. The molecule has 3 nitrogen and oxygen atoms in total. The normalized spacial score (nSPS) is 12.2. The van der Waals surface area contributed by atoms with Crippen LogP contribution in [0.4, 0.5) is 11.4 Å². The zero-order valence-electron chi connectivity index (χ0n) is 6.33. The van der Waals surface area contributed by atoms with E-state index in [9.17, 15) is 0 Å². The molecule has 0 unspecified atom stereocenters. The summed E-state index contributed by atoms with van der Waals surface area (Å²) >= 11 is 0. The van der Waals surface area contributed by atoms with Crippen LogP contribution < -0.4 is 10.6 Å². The molecular formula is C9H7N3. The molecule has 2 rings (SSSR count). The lowest BCUT2D eigenvalue weighted by Crippen LogP contribution is -2.02. The molecule has 12 heavy (non-hydrogen) atoms. The van der Waals surface area contributed by atoms with E-state index in [4.69, 9.17) is 5.26 Å². The molecule has 0 fully saturated rings. The van der Waals surface area contributed by atoms with E-state index >= 15 is 0 Å². The summed E-state index contributed by atoms with van der Waals surface area (Å²) in [5, 5.41) is 14.7. The highest BCUT2D eigenvalue weighted by Crippen LogP contribution is 2.25. The number of anilines is 2. The van der Waals surface area contributed by atoms with Gasteiger partial charge in [-0.25, -0.2) is 0 Å². The molecule has 2 N–H and O–H groups in total. The van der Waals surface area contributed by atoms with E-state index in [1.807, 2.05) is 18.3 Å². The first kappa shape index (κ1) is 6.74. The lowest BCUT2D eigenvalue weighted by Gasteiger charge is -2.13. The number of nitrogens with one attached hydrogen (secondary N) is 2. The Morgan fingerprint density at radius 3 is 2.58 bits per heavy atom. The highest BCUT2D eigenvalue weighted by molar-refractivity contribution is 5.74. The maximum atomic E-state index is 8.62. The summed E-state index contributed by atoms with van der Waals surface area (Å²) in [7, 11) is 0. The van der Waals surface area contributed by atoms with E-state index < -0.39 is 0 Å². The minimum Gasteiger partial charge on any atom is -0.359 e. The van der Waals surface area contributed by atoms with Crippen molar-refractivity contribution < 1.29 is 0 Å². The highest BCUT2D eigenvalue weighted by Gasteiger charge is 2.03. The van der Waals surface area contributed by atoms with Crippen molar-refractivity contribution in [2.45, 2.75) is 0 Å². The lowest BCUT2D eigenvalue weighted by molar-refractivity contribution is 1.43. The Labute approximate surface area is 70.3 Å². The molecule has 1 aliphatic heterocycles. The van der Waals surface area contributed by atoms with Gasteiger partial charge in [-0.3, -0.25) is 0 Å². The molecule has 0 atom stereocenters. The Morgan fingerprint density at radius 2 is 1.83 bits per heavy atom. The Bertz CT molecular complexity index is 374. The van der Waals surface area contributed by atoms with Crippen molar-refractivity contribution in [2.24, 2.45) is 0 Å². The van der Waals surface area contributed by atoms with Crippen LogP contribution in [0.5, 0.6) is 0 Å². The minimum absolute atomic E-state index is 0.665. The van der Waals surface area contributed by atoms with Crippen molar-refractivity contribution in [1.29, 1.82) is 5.26 Å². The zero-order valence-corrected chi connectivity index (χ0v) is 6.33. The third kappa shape index (κ3) is 0.995. The molecule has 0 saturated carbocycles. The van der Waals surface area contributed by atoms with Crippen molar-refractivity contribution >= 4 is 11.4 Å². The van der Waals surface area contributed by atoms with E-state index in [-0.39, 0.29) is 0 Å². The van der Waals surface area contributed by atoms with Gasteiger partial charge in [0.25, 0.3) is 0 Å². The molecule has 3 heteroatoms. The number of rotatable bonds is 0. The van der Waals surface area contributed by atoms with Gasteiger partial charge in [-0.15, -0.1) is 0 Å². The van der Waals surface area contributed by atoms with Gasteiger partial charge in [-0.1, -0.05) is 0 Å². The molecule has 1 aliphatic rings. The van der Waals surface area contributed by atoms with Crippen molar-refractivity contribution in [1.82, 2.24) is 0 Å². The molecule has 0 saturated heterocycles. The summed E-state index contributed by atoms with van der Waals surface area (Å²) in [4.78, 5) is 0. The van der Waals surface area contributed by atoms with Crippen LogP contribution in [-0.4, -0.2) is 0 Å². The van der Waals surface area contributed by atoms with Gasteiger partial charge in [-0.05, 0) is 18.2 Å². The monoisotopic (exact) mass is 157 g/mol. The third-order valence-electron chi connectivity index (χ3n) is 1.71. The third-order valence-corrected chi connectivity index (χ3v) is 1.71. The first-order chi connectivity index (χ1) is 5.90. The van der Waals surface area contributed by atoms with Gasteiger partial charge in [0, 0.05) is 12.4 Å². The molecule has 1 aromatic carbocycles.